The average molecular weight is 352 g/mol. The zero-order valence-electron chi connectivity index (χ0n) is 13.0. The molecule has 2 aromatic carbocycles. The normalized spacial score (nSPS) is 12.7. The Labute approximate surface area is 147 Å². The van der Waals surface area contributed by atoms with Crippen molar-refractivity contribution >= 4 is 29.5 Å². The Balaban J connectivity index is 1.52. The molecule has 7 heteroatoms. The molecule has 0 saturated heterocycles. The van der Waals surface area contributed by atoms with Crippen LogP contribution in [-0.2, 0) is 15.4 Å². The van der Waals surface area contributed by atoms with E-state index in [1.807, 2.05) is 6.07 Å². The third-order valence-corrected chi connectivity index (χ3v) is 4.50. The summed E-state index contributed by atoms with van der Waals surface area (Å²) in [5, 5.41) is 9.25. The lowest BCUT2D eigenvalue weighted by Gasteiger charge is -2.12. The molecule has 1 aliphatic heterocycles. The van der Waals surface area contributed by atoms with Gasteiger partial charge in [-0.05, 0) is 29.8 Å². The van der Waals surface area contributed by atoms with Crippen molar-refractivity contribution in [1.82, 2.24) is 5.06 Å². The molecule has 0 aromatic heterocycles. The van der Waals surface area contributed by atoms with Crippen LogP contribution in [0.3, 0.4) is 0 Å². The van der Waals surface area contributed by atoms with Gasteiger partial charge in [0.25, 0.3) is 11.8 Å². The summed E-state index contributed by atoms with van der Waals surface area (Å²) in [7, 11) is 0. The number of rotatable bonds is 5. The molecule has 124 valence electrons. The van der Waals surface area contributed by atoms with E-state index in [9.17, 15) is 14.4 Å². The van der Waals surface area contributed by atoms with Crippen LogP contribution >= 0.6 is 11.8 Å². The Morgan fingerprint density at radius 2 is 1.64 bits per heavy atom. The van der Waals surface area contributed by atoms with E-state index in [2.05, 4.69) is 0 Å². The third kappa shape index (κ3) is 3.54. The van der Waals surface area contributed by atoms with E-state index in [0.29, 0.717) is 16.4 Å². The fourth-order valence-corrected chi connectivity index (χ4v) is 3.06. The molecule has 6 nitrogen and oxygen atoms in total. The summed E-state index contributed by atoms with van der Waals surface area (Å²) in [5.41, 5.74) is 1.98. The lowest BCUT2D eigenvalue weighted by Crippen LogP contribution is -2.33. The van der Waals surface area contributed by atoms with Crippen LogP contribution in [-0.4, -0.2) is 28.6 Å². The molecule has 2 amide bonds. The summed E-state index contributed by atoms with van der Waals surface area (Å²) in [5.74, 6) is -1.40. The van der Waals surface area contributed by atoms with Crippen molar-refractivity contribution in [3.8, 4) is 6.07 Å². The van der Waals surface area contributed by atoms with E-state index in [1.54, 1.807) is 36.4 Å². The number of hydrogen-bond acceptors (Lipinski definition) is 6. The molecule has 0 saturated carbocycles. The standard InChI is InChI=1S/C18H12N2O4S/c19-9-12-5-7-13(8-6-12)10-25-11-16(21)24-20-17(22)14-3-1-2-4-15(14)18(20)23/h1-8H,10-11H2. The molecule has 2 aromatic rings. The summed E-state index contributed by atoms with van der Waals surface area (Å²) >= 11 is 1.29. The second-order valence-corrected chi connectivity index (χ2v) is 6.20. The van der Waals surface area contributed by atoms with E-state index in [-0.39, 0.29) is 16.9 Å². The number of imide groups is 1. The summed E-state index contributed by atoms with van der Waals surface area (Å²) < 4.78 is 0. The smallest absolute Gasteiger partial charge is 0.329 e. The number of nitrogens with zero attached hydrogens (tertiary/aromatic N) is 2. The first-order valence-corrected chi connectivity index (χ1v) is 8.51. The van der Waals surface area contributed by atoms with Crippen LogP contribution in [0.4, 0.5) is 0 Å². The lowest BCUT2D eigenvalue weighted by molar-refractivity contribution is -0.165. The molecule has 25 heavy (non-hydrogen) atoms. The minimum absolute atomic E-state index is 0.00654. The maximum Gasteiger partial charge on any atom is 0.343 e. The van der Waals surface area contributed by atoms with Gasteiger partial charge in [-0.2, -0.15) is 5.26 Å². The largest absolute Gasteiger partial charge is 0.343 e. The Hall–Kier alpha value is -3.11. The van der Waals surface area contributed by atoms with Gasteiger partial charge in [-0.25, -0.2) is 4.79 Å². The number of carbonyl (C=O) groups excluding carboxylic acids is 3. The van der Waals surface area contributed by atoms with Gasteiger partial charge in [-0.3, -0.25) is 9.59 Å². The van der Waals surface area contributed by atoms with E-state index in [4.69, 9.17) is 10.1 Å². The van der Waals surface area contributed by atoms with Crippen molar-refractivity contribution in [3.05, 3.63) is 70.8 Å². The van der Waals surface area contributed by atoms with E-state index in [1.165, 1.54) is 23.9 Å². The monoisotopic (exact) mass is 352 g/mol. The minimum atomic E-state index is -0.673. The Kier molecular flexibility index (Phi) is 4.82. The highest BCUT2D eigenvalue weighted by molar-refractivity contribution is 7.99. The number of carbonyl (C=O) groups is 3. The molecule has 1 heterocycles. The van der Waals surface area contributed by atoms with Crippen LogP contribution in [0.25, 0.3) is 0 Å². The van der Waals surface area contributed by atoms with Crippen LogP contribution in [0.2, 0.25) is 0 Å². The van der Waals surface area contributed by atoms with Crippen LogP contribution in [0, 0.1) is 11.3 Å². The number of benzene rings is 2. The minimum Gasteiger partial charge on any atom is -0.329 e. The number of thioether (sulfide) groups is 1. The van der Waals surface area contributed by atoms with Gasteiger partial charge in [0.2, 0.25) is 0 Å². The van der Waals surface area contributed by atoms with Crippen molar-refractivity contribution in [2.45, 2.75) is 5.75 Å². The Morgan fingerprint density at radius 3 is 2.20 bits per heavy atom. The zero-order valence-corrected chi connectivity index (χ0v) is 13.8. The van der Waals surface area contributed by atoms with Crippen LogP contribution in [0.5, 0.6) is 0 Å². The van der Waals surface area contributed by atoms with E-state index < -0.39 is 17.8 Å². The number of fused-ring (bicyclic) bond motifs is 1. The Bertz CT molecular complexity index is 852. The molecular weight excluding hydrogens is 340 g/mol. The molecule has 0 atom stereocenters. The van der Waals surface area contributed by atoms with Crippen LogP contribution in [0.1, 0.15) is 31.8 Å². The maximum atomic E-state index is 12.1. The molecule has 0 N–H and O–H groups in total. The quantitative estimate of drug-likeness (QED) is 0.769. The van der Waals surface area contributed by atoms with Crippen molar-refractivity contribution in [1.29, 1.82) is 5.26 Å². The molecule has 0 radical (unpaired) electrons. The zero-order chi connectivity index (χ0) is 17.8. The predicted molar refractivity (Wildman–Crippen MR) is 90.4 cm³/mol. The molecule has 0 unspecified atom stereocenters. The summed E-state index contributed by atoms with van der Waals surface area (Å²) in [6.07, 6.45) is 0. The number of hydroxylamine groups is 2. The first kappa shape index (κ1) is 16.7. The molecule has 0 spiro atoms. The lowest BCUT2D eigenvalue weighted by atomic mass is 10.1. The van der Waals surface area contributed by atoms with Gasteiger partial charge in [-0.1, -0.05) is 29.3 Å². The summed E-state index contributed by atoms with van der Waals surface area (Å²) in [6.45, 7) is 0. The van der Waals surface area contributed by atoms with Crippen molar-refractivity contribution < 1.29 is 19.2 Å². The number of nitriles is 1. The average Bonchev–Trinajstić information content (AvgIpc) is 2.88. The third-order valence-electron chi connectivity index (χ3n) is 3.52. The highest BCUT2D eigenvalue weighted by Crippen LogP contribution is 2.23. The second-order valence-electron chi connectivity index (χ2n) is 5.22. The van der Waals surface area contributed by atoms with Crippen LogP contribution < -0.4 is 0 Å². The molecule has 3 rings (SSSR count). The van der Waals surface area contributed by atoms with Gasteiger partial charge in [0.05, 0.1) is 28.5 Å². The van der Waals surface area contributed by atoms with Gasteiger partial charge in [0.1, 0.15) is 0 Å². The van der Waals surface area contributed by atoms with Crippen molar-refractivity contribution in [2.75, 3.05) is 5.75 Å². The van der Waals surface area contributed by atoms with Crippen molar-refractivity contribution in [2.24, 2.45) is 0 Å². The van der Waals surface area contributed by atoms with Gasteiger partial charge >= 0.3 is 5.97 Å². The van der Waals surface area contributed by atoms with E-state index >= 15 is 0 Å². The first-order chi connectivity index (χ1) is 12.1. The van der Waals surface area contributed by atoms with Gasteiger partial charge < -0.3 is 4.84 Å². The second kappa shape index (κ2) is 7.20. The summed E-state index contributed by atoms with van der Waals surface area (Å²) in [6, 6.07) is 15.4. The highest BCUT2D eigenvalue weighted by Gasteiger charge is 2.38. The highest BCUT2D eigenvalue weighted by atomic mass is 32.2. The van der Waals surface area contributed by atoms with Crippen molar-refractivity contribution in [3.63, 3.8) is 0 Å². The predicted octanol–water partition coefficient (Wildman–Crippen LogP) is 2.55. The molecular formula is C18H12N2O4S. The van der Waals surface area contributed by atoms with E-state index in [0.717, 1.165) is 5.56 Å². The SMILES string of the molecule is N#Cc1ccc(CSCC(=O)ON2C(=O)c3ccccc3C2=O)cc1. The molecule has 0 fully saturated rings. The fraction of sp³-hybridized carbons (Fsp3) is 0.111. The molecule has 0 bridgehead atoms. The topological polar surface area (TPSA) is 87.5 Å². The molecule has 0 aliphatic carbocycles. The first-order valence-electron chi connectivity index (χ1n) is 7.35. The molecule has 1 aliphatic rings. The number of hydrogen-bond donors (Lipinski definition) is 0. The fourth-order valence-electron chi connectivity index (χ4n) is 2.31. The Morgan fingerprint density at radius 1 is 1.04 bits per heavy atom. The van der Waals surface area contributed by atoms with Crippen LogP contribution in [0.15, 0.2) is 48.5 Å². The summed E-state index contributed by atoms with van der Waals surface area (Å²) in [4.78, 5) is 41.0. The number of amides is 2. The maximum absolute atomic E-state index is 12.1. The van der Waals surface area contributed by atoms with Gasteiger partial charge in [0, 0.05) is 5.75 Å². The van der Waals surface area contributed by atoms with Gasteiger partial charge in [0.15, 0.2) is 0 Å². The van der Waals surface area contributed by atoms with Gasteiger partial charge in [-0.15, -0.1) is 11.8 Å².